The number of rotatable bonds is 7. The van der Waals surface area contributed by atoms with Crippen LogP contribution in [-0.2, 0) is 9.53 Å². The summed E-state index contributed by atoms with van der Waals surface area (Å²) < 4.78 is 10.2. The van der Waals surface area contributed by atoms with Gasteiger partial charge in [-0.3, -0.25) is 9.59 Å². The maximum Gasteiger partial charge on any atom is 0.329 e. The van der Waals surface area contributed by atoms with E-state index in [0.29, 0.717) is 16.9 Å². The number of hydrogen-bond acceptors (Lipinski definition) is 5. The molecule has 0 aromatic heterocycles. The molecule has 0 aliphatic heterocycles. The molecule has 0 heterocycles. The number of benzene rings is 2. The number of ether oxygens (including phenoxy) is 2. The van der Waals surface area contributed by atoms with Crippen molar-refractivity contribution in [1.29, 1.82) is 0 Å². The fourth-order valence-electron chi connectivity index (χ4n) is 2.25. The number of hydrogen-bond donors (Lipinski definition) is 1. The maximum absolute atomic E-state index is 12.3. The van der Waals surface area contributed by atoms with Gasteiger partial charge >= 0.3 is 5.97 Å². The average Bonchev–Trinajstić information content (AvgIpc) is 2.67. The van der Waals surface area contributed by atoms with Crippen molar-refractivity contribution in [3.8, 4) is 5.75 Å². The Morgan fingerprint density at radius 1 is 0.885 bits per heavy atom. The van der Waals surface area contributed by atoms with Gasteiger partial charge in [0, 0.05) is 11.1 Å². The Labute approximate surface area is 152 Å². The van der Waals surface area contributed by atoms with Gasteiger partial charge in [0.05, 0.1) is 7.11 Å². The minimum atomic E-state index is -0.966. The van der Waals surface area contributed by atoms with Crippen LogP contribution < -0.4 is 10.1 Å². The van der Waals surface area contributed by atoms with Gasteiger partial charge in [-0.1, -0.05) is 18.2 Å². The average molecular weight is 355 g/mol. The maximum atomic E-state index is 12.3. The van der Waals surface area contributed by atoms with Crippen molar-refractivity contribution in [2.45, 2.75) is 26.0 Å². The molecule has 0 aliphatic rings. The van der Waals surface area contributed by atoms with Crippen LogP contribution >= 0.6 is 0 Å². The first-order valence-corrected chi connectivity index (χ1v) is 8.17. The third-order valence-corrected chi connectivity index (χ3v) is 3.77. The summed E-state index contributed by atoms with van der Waals surface area (Å²) in [5.74, 6) is -0.765. The molecule has 2 rings (SSSR count). The Kier molecular flexibility index (Phi) is 6.49. The van der Waals surface area contributed by atoms with Crippen LogP contribution in [0.2, 0.25) is 0 Å². The van der Waals surface area contributed by atoms with Crippen LogP contribution in [0, 0.1) is 0 Å². The second kappa shape index (κ2) is 8.80. The smallest absolute Gasteiger partial charge is 0.329 e. The van der Waals surface area contributed by atoms with E-state index in [-0.39, 0.29) is 11.7 Å². The predicted molar refractivity (Wildman–Crippen MR) is 96.2 cm³/mol. The molecular weight excluding hydrogens is 334 g/mol. The lowest BCUT2D eigenvalue weighted by Crippen LogP contribution is -2.41. The second-order valence-electron chi connectivity index (χ2n) is 5.73. The summed E-state index contributed by atoms with van der Waals surface area (Å²) in [6.07, 6.45) is -0.966. The molecule has 0 bridgehead atoms. The Hall–Kier alpha value is -3.15. The fourth-order valence-corrected chi connectivity index (χ4v) is 2.25. The monoisotopic (exact) mass is 355 g/mol. The van der Waals surface area contributed by atoms with Crippen LogP contribution in [-0.4, -0.2) is 36.9 Å². The Morgan fingerprint density at radius 2 is 1.50 bits per heavy atom. The first-order valence-electron chi connectivity index (χ1n) is 8.17. The molecule has 2 aromatic rings. The van der Waals surface area contributed by atoms with E-state index < -0.39 is 18.1 Å². The summed E-state index contributed by atoms with van der Waals surface area (Å²) >= 11 is 0. The number of ketones is 1. The minimum Gasteiger partial charge on any atom is -0.497 e. The van der Waals surface area contributed by atoms with Gasteiger partial charge in [-0.05, 0) is 50.2 Å². The second-order valence-corrected chi connectivity index (χ2v) is 5.73. The molecule has 0 spiro atoms. The van der Waals surface area contributed by atoms with E-state index in [1.54, 1.807) is 54.6 Å². The molecule has 2 aromatic carbocycles. The first kappa shape index (κ1) is 19.2. The summed E-state index contributed by atoms with van der Waals surface area (Å²) in [5, 5.41) is 2.55. The zero-order valence-electron chi connectivity index (χ0n) is 14.9. The Morgan fingerprint density at radius 3 is 2.08 bits per heavy atom. The van der Waals surface area contributed by atoms with E-state index in [0.717, 1.165) is 0 Å². The molecule has 0 unspecified atom stereocenters. The lowest BCUT2D eigenvalue weighted by molar-refractivity contribution is -0.148. The summed E-state index contributed by atoms with van der Waals surface area (Å²) in [5.41, 5.74) is 0.849. The van der Waals surface area contributed by atoms with E-state index >= 15 is 0 Å². The zero-order chi connectivity index (χ0) is 19.1. The van der Waals surface area contributed by atoms with Crippen molar-refractivity contribution in [1.82, 2.24) is 5.32 Å². The van der Waals surface area contributed by atoms with Gasteiger partial charge in [-0.15, -0.1) is 0 Å². The largest absolute Gasteiger partial charge is 0.497 e. The third-order valence-electron chi connectivity index (χ3n) is 3.77. The highest BCUT2D eigenvalue weighted by molar-refractivity contribution is 6.01. The van der Waals surface area contributed by atoms with Crippen LogP contribution in [0.1, 0.15) is 34.6 Å². The molecule has 1 N–H and O–H groups in total. The highest BCUT2D eigenvalue weighted by Crippen LogP contribution is 2.14. The fraction of sp³-hybridized carbons (Fsp3) is 0.250. The Balaban J connectivity index is 1.92. The van der Waals surface area contributed by atoms with Crippen molar-refractivity contribution >= 4 is 17.7 Å². The van der Waals surface area contributed by atoms with Crippen molar-refractivity contribution in [3.05, 3.63) is 65.7 Å². The van der Waals surface area contributed by atoms with Crippen LogP contribution in [0.4, 0.5) is 0 Å². The molecule has 6 nitrogen and oxygen atoms in total. The van der Waals surface area contributed by atoms with E-state index in [9.17, 15) is 14.4 Å². The van der Waals surface area contributed by atoms with E-state index in [1.165, 1.54) is 21.0 Å². The number of carbonyl (C=O) groups excluding carboxylic acids is 3. The zero-order valence-corrected chi connectivity index (χ0v) is 14.9. The number of carbonyl (C=O) groups is 3. The minimum absolute atomic E-state index is 0.331. The van der Waals surface area contributed by atoms with Crippen LogP contribution in [0.25, 0.3) is 0 Å². The van der Waals surface area contributed by atoms with E-state index in [2.05, 4.69) is 5.32 Å². The highest BCUT2D eigenvalue weighted by atomic mass is 16.5. The van der Waals surface area contributed by atoms with Gasteiger partial charge in [0.2, 0.25) is 5.78 Å². The molecule has 26 heavy (non-hydrogen) atoms. The van der Waals surface area contributed by atoms with Gasteiger partial charge in [-0.2, -0.15) is 0 Å². The molecule has 0 aliphatic carbocycles. The summed E-state index contributed by atoms with van der Waals surface area (Å²) in [6.45, 7) is 3.00. The Bertz CT molecular complexity index is 771. The van der Waals surface area contributed by atoms with Crippen molar-refractivity contribution in [3.63, 3.8) is 0 Å². The van der Waals surface area contributed by atoms with Gasteiger partial charge in [-0.25, -0.2) is 4.79 Å². The molecule has 0 saturated carbocycles. The van der Waals surface area contributed by atoms with Crippen molar-refractivity contribution < 1.29 is 23.9 Å². The predicted octanol–water partition coefficient (Wildman–Crippen LogP) is 2.63. The lowest BCUT2D eigenvalue weighted by Gasteiger charge is -2.17. The van der Waals surface area contributed by atoms with Crippen LogP contribution in [0.5, 0.6) is 5.75 Å². The van der Waals surface area contributed by atoms with Crippen molar-refractivity contribution in [2.24, 2.45) is 0 Å². The van der Waals surface area contributed by atoms with Gasteiger partial charge in [0.25, 0.3) is 5.91 Å². The third kappa shape index (κ3) is 4.92. The molecule has 2 atom stereocenters. The number of Topliss-reactive ketones (excluding diaryl/α,β-unsaturated/α-hetero) is 1. The lowest BCUT2D eigenvalue weighted by atomic mass is 10.1. The normalized spacial score (nSPS) is 12.6. The molecule has 0 radical (unpaired) electrons. The SMILES string of the molecule is COc1ccc(C(=O)[C@H](C)OC(=O)[C@H](C)NC(=O)c2ccccc2)cc1. The summed E-state index contributed by atoms with van der Waals surface area (Å²) in [4.78, 5) is 36.6. The van der Waals surface area contributed by atoms with Gasteiger partial charge in [0.15, 0.2) is 6.10 Å². The number of nitrogens with one attached hydrogen (secondary N) is 1. The number of methoxy groups -OCH3 is 1. The van der Waals surface area contributed by atoms with E-state index in [4.69, 9.17) is 9.47 Å². The summed E-state index contributed by atoms with van der Waals surface area (Å²) in [7, 11) is 1.53. The molecule has 0 saturated heterocycles. The van der Waals surface area contributed by atoms with Gasteiger partial charge in [0.1, 0.15) is 11.8 Å². The van der Waals surface area contributed by atoms with Crippen LogP contribution in [0.15, 0.2) is 54.6 Å². The van der Waals surface area contributed by atoms with E-state index in [1.807, 2.05) is 0 Å². The molecule has 1 amide bonds. The highest BCUT2D eigenvalue weighted by Gasteiger charge is 2.24. The van der Waals surface area contributed by atoms with Crippen LogP contribution in [0.3, 0.4) is 0 Å². The first-order chi connectivity index (χ1) is 12.4. The molecule has 6 heteroatoms. The quantitative estimate of drug-likeness (QED) is 0.610. The van der Waals surface area contributed by atoms with Gasteiger partial charge < -0.3 is 14.8 Å². The number of esters is 1. The summed E-state index contributed by atoms with van der Waals surface area (Å²) in [6, 6.07) is 14.2. The topological polar surface area (TPSA) is 81.7 Å². The van der Waals surface area contributed by atoms with Crippen molar-refractivity contribution in [2.75, 3.05) is 7.11 Å². The number of amides is 1. The molecule has 0 fully saturated rings. The standard InChI is InChI=1S/C20H21NO5/c1-13(21-19(23)16-7-5-4-6-8-16)20(24)26-14(2)18(22)15-9-11-17(25-3)12-10-15/h4-14H,1-3H3,(H,21,23)/t13-,14-/m0/s1. The molecule has 136 valence electrons. The molecular formula is C20H21NO5.